The fourth-order valence-corrected chi connectivity index (χ4v) is 6.10. The molecule has 2 aromatic carbocycles. The van der Waals surface area contributed by atoms with Gasteiger partial charge in [-0.3, -0.25) is 14.2 Å². The van der Waals surface area contributed by atoms with Crippen molar-refractivity contribution >= 4 is 35.0 Å². The maximum absolute atomic E-state index is 13.6. The van der Waals surface area contributed by atoms with E-state index in [1.165, 1.54) is 18.4 Å². The molecule has 0 saturated carbocycles. The Kier molecular flexibility index (Phi) is 4.98. The van der Waals surface area contributed by atoms with Crippen LogP contribution >= 0.6 is 22.9 Å². The summed E-state index contributed by atoms with van der Waals surface area (Å²) in [6, 6.07) is 17.8. The lowest BCUT2D eigenvalue weighted by Gasteiger charge is -2.44. The lowest BCUT2D eigenvalue weighted by Crippen LogP contribution is -2.58. The van der Waals surface area contributed by atoms with Gasteiger partial charge < -0.3 is 13.9 Å². The monoisotopic (exact) mass is 506 g/mol. The SMILES string of the molecule is COC(=O)[C@@H]1[C@H]2c3ccccc3O[C@]1(C)N=c1s/c(=C/c3ccc(-c4ccccc4Cl)o3)c(=O)n12. The minimum Gasteiger partial charge on any atom is -0.469 e. The number of fused-ring (bicyclic) bond motifs is 6. The molecule has 9 heteroatoms. The molecule has 176 valence electrons. The predicted octanol–water partition coefficient (Wildman–Crippen LogP) is 3.77. The van der Waals surface area contributed by atoms with E-state index in [0.29, 0.717) is 31.6 Å². The molecular weight excluding hydrogens is 488 g/mol. The fourth-order valence-electron chi connectivity index (χ4n) is 4.80. The number of thiazole rings is 1. The average molecular weight is 507 g/mol. The van der Waals surface area contributed by atoms with Crippen LogP contribution in [0.3, 0.4) is 0 Å². The van der Waals surface area contributed by atoms with E-state index < -0.39 is 23.7 Å². The van der Waals surface area contributed by atoms with E-state index in [-0.39, 0.29) is 5.56 Å². The van der Waals surface area contributed by atoms with Crippen molar-refractivity contribution in [1.29, 1.82) is 0 Å². The molecule has 4 heterocycles. The van der Waals surface area contributed by atoms with Crippen molar-refractivity contribution in [3.8, 4) is 17.1 Å². The molecule has 0 fully saturated rings. The van der Waals surface area contributed by atoms with E-state index in [1.807, 2.05) is 48.5 Å². The number of benzene rings is 2. The van der Waals surface area contributed by atoms with Crippen molar-refractivity contribution in [2.75, 3.05) is 7.11 Å². The molecule has 0 radical (unpaired) electrons. The van der Waals surface area contributed by atoms with Gasteiger partial charge in [-0.1, -0.05) is 53.3 Å². The summed E-state index contributed by atoms with van der Waals surface area (Å²) in [4.78, 5) is 31.7. The van der Waals surface area contributed by atoms with Crippen LogP contribution in [0.1, 0.15) is 24.3 Å². The number of furan rings is 1. The van der Waals surface area contributed by atoms with Crippen LogP contribution in [0.4, 0.5) is 0 Å². The van der Waals surface area contributed by atoms with Crippen molar-refractivity contribution < 1.29 is 18.7 Å². The highest BCUT2D eigenvalue weighted by molar-refractivity contribution is 7.07. The number of halogens is 1. The summed E-state index contributed by atoms with van der Waals surface area (Å²) >= 11 is 7.52. The van der Waals surface area contributed by atoms with Crippen LogP contribution in [-0.4, -0.2) is 23.4 Å². The number of carbonyl (C=O) groups is 1. The Morgan fingerprint density at radius 2 is 1.94 bits per heavy atom. The highest BCUT2D eigenvalue weighted by Crippen LogP contribution is 2.47. The summed E-state index contributed by atoms with van der Waals surface area (Å²) in [7, 11) is 1.33. The zero-order valence-corrected chi connectivity index (χ0v) is 20.3. The van der Waals surface area contributed by atoms with Crippen LogP contribution in [0.2, 0.25) is 5.02 Å². The zero-order valence-electron chi connectivity index (χ0n) is 18.7. The number of para-hydroxylation sites is 1. The molecule has 0 aliphatic carbocycles. The van der Waals surface area contributed by atoms with Gasteiger partial charge in [0, 0.05) is 17.2 Å². The summed E-state index contributed by atoms with van der Waals surface area (Å²) in [5.41, 5.74) is 0.0364. The largest absolute Gasteiger partial charge is 0.469 e. The second kappa shape index (κ2) is 7.96. The van der Waals surface area contributed by atoms with Crippen molar-refractivity contribution in [3.63, 3.8) is 0 Å². The van der Waals surface area contributed by atoms with Crippen molar-refractivity contribution in [2.45, 2.75) is 18.7 Å². The average Bonchev–Trinajstić information content (AvgIpc) is 3.42. The highest BCUT2D eigenvalue weighted by Gasteiger charge is 2.55. The van der Waals surface area contributed by atoms with E-state index in [0.717, 1.165) is 11.1 Å². The fraction of sp³-hybridized carbons (Fsp3) is 0.192. The summed E-state index contributed by atoms with van der Waals surface area (Å²) in [6.07, 6.45) is 1.68. The molecule has 2 aromatic heterocycles. The first-order chi connectivity index (χ1) is 16.9. The van der Waals surface area contributed by atoms with Gasteiger partial charge >= 0.3 is 5.97 Å². The van der Waals surface area contributed by atoms with Crippen LogP contribution in [-0.2, 0) is 9.53 Å². The molecule has 4 aromatic rings. The van der Waals surface area contributed by atoms with E-state index >= 15 is 0 Å². The number of esters is 1. The van der Waals surface area contributed by atoms with Gasteiger partial charge in [0.15, 0.2) is 4.80 Å². The number of aromatic nitrogens is 1. The Labute approximate surface area is 208 Å². The third-order valence-corrected chi connectivity index (χ3v) is 7.69. The second-order valence-electron chi connectivity index (χ2n) is 8.50. The highest BCUT2D eigenvalue weighted by atomic mass is 35.5. The van der Waals surface area contributed by atoms with E-state index in [4.69, 9.17) is 30.5 Å². The topological polar surface area (TPSA) is 83.0 Å². The van der Waals surface area contributed by atoms with Crippen LogP contribution in [0.5, 0.6) is 5.75 Å². The summed E-state index contributed by atoms with van der Waals surface area (Å²) in [6.45, 7) is 1.75. The van der Waals surface area contributed by atoms with Gasteiger partial charge in [0.2, 0.25) is 5.72 Å². The molecule has 7 nitrogen and oxygen atoms in total. The van der Waals surface area contributed by atoms with E-state index in [1.54, 1.807) is 29.7 Å². The summed E-state index contributed by atoms with van der Waals surface area (Å²) < 4.78 is 19.3. The van der Waals surface area contributed by atoms with Gasteiger partial charge in [-0.05, 0) is 37.3 Å². The van der Waals surface area contributed by atoms with Crippen LogP contribution < -0.4 is 19.6 Å². The normalized spacial score (nSPS) is 22.5. The third-order valence-electron chi connectivity index (χ3n) is 6.37. The standard InChI is InChI=1S/C26H19ClN2O5S/c1-26-21(24(31)32-2)22(16-8-4-6-10-19(16)34-26)29-23(30)20(35-25(29)28-26)13-14-11-12-18(33-14)15-7-3-5-9-17(15)27/h3-13,21-22H,1-2H3/b20-13+/t21-,22+,26-/m0/s1. The van der Waals surface area contributed by atoms with Gasteiger partial charge in [-0.15, -0.1) is 0 Å². The Hall–Kier alpha value is -3.62. The number of rotatable bonds is 3. The molecule has 35 heavy (non-hydrogen) atoms. The number of methoxy groups -OCH3 is 1. The molecule has 0 amide bonds. The molecular formula is C26H19ClN2O5S. The van der Waals surface area contributed by atoms with Crippen molar-refractivity contribution in [3.05, 3.63) is 96.7 Å². The molecule has 2 aliphatic heterocycles. The molecule has 0 spiro atoms. The van der Waals surface area contributed by atoms with Gasteiger partial charge in [-0.2, -0.15) is 0 Å². The maximum Gasteiger partial charge on any atom is 0.317 e. The van der Waals surface area contributed by atoms with Gasteiger partial charge in [0.1, 0.15) is 23.2 Å². The first kappa shape index (κ1) is 21.9. The van der Waals surface area contributed by atoms with Crippen molar-refractivity contribution in [1.82, 2.24) is 4.57 Å². The second-order valence-corrected chi connectivity index (χ2v) is 9.92. The van der Waals surface area contributed by atoms with Gasteiger partial charge in [0.05, 0.1) is 22.7 Å². The molecule has 2 aliphatic rings. The number of carbonyl (C=O) groups excluding carboxylic acids is 1. The van der Waals surface area contributed by atoms with E-state index in [2.05, 4.69) is 0 Å². The van der Waals surface area contributed by atoms with Gasteiger partial charge in [-0.25, -0.2) is 4.99 Å². The Balaban J connectivity index is 1.52. The van der Waals surface area contributed by atoms with E-state index in [9.17, 15) is 9.59 Å². The van der Waals surface area contributed by atoms with Gasteiger partial charge in [0.25, 0.3) is 5.56 Å². The minimum absolute atomic E-state index is 0.262. The Morgan fingerprint density at radius 1 is 1.17 bits per heavy atom. The predicted molar refractivity (Wildman–Crippen MR) is 131 cm³/mol. The molecule has 0 saturated heterocycles. The smallest absolute Gasteiger partial charge is 0.317 e. The summed E-state index contributed by atoms with van der Waals surface area (Å²) in [5.74, 6) is 0.399. The maximum atomic E-state index is 13.6. The van der Waals surface area contributed by atoms with Crippen molar-refractivity contribution in [2.24, 2.45) is 10.9 Å². The molecule has 3 atom stereocenters. The molecule has 6 rings (SSSR count). The Bertz CT molecular complexity index is 1670. The third kappa shape index (κ3) is 3.36. The summed E-state index contributed by atoms with van der Waals surface area (Å²) in [5, 5.41) is 0.576. The molecule has 0 unspecified atom stereocenters. The first-order valence-corrected chi connectivity index (χ1v) is 12.1. The first-order valence-electron chi connectivity index (χ1n) is 10.9. The number of hydrogen-bond acceptors (Lipinski definition) is 7. The van der Waals surface area contributed by atoms with Crippen LogP contribution in [0.25, 0.3) is 17.4 Å². The minimum atomic E-state index is -1.21. The lowest BCUT2D eigenvalue weighted by molar-refractivity contribution is -0.158. The molecule has 2 bridgehead atoms. The quantitative estimate of drug-likeness (QED) is 0.395. The van der Waals surface area contributed by atoms with Crippen LogP contribution in [0, 0.1) is 5.92 Å². The number of hydrogen-bond donors (Lipinski definition) is 0. The number of nitrogens with zero attached hydrogens (tertiary/aromatic N) is 2. The number of ether oxygens (including phenoxy) is 2. The lowest BCUT2D eigenvalue weighted by atomic mass is 9.81. The zero-order chi connectivity index (χ0) is 24.3. The van der Waals surface area contributed by atoms with Crippen LogP contribution in [0.15, 0.2) is 74.9 Å². The molecule has 0 N–H and O–H groups in total. The Morgan fingerprint density at radius 3 is 2.74 bits per heavy atom.